The van der Waals surface area contributed by atoms with Gasteiger partial charge >= 0.3 is 5.69 Å². The van der Waals surface area contributed by atoms with Crippen molar-refractivity contribution in [3.8, 4) is 0 Å². The molecule has 152 valence electrons. The van der Waals surface area contributed by atoms with E-state index in [0.29, 0.717) is 12.3 Å². The lowest BCUT2D eigenvalue weighted by atomic mass is 10.3. The van der Waals surface area contributed by atoms with E-state index in [9.17, 15) is 19.7 Å². The highest BCUT2D eigenvalue weighted by Crippen LogP contribution is 2.17. The number of aromatic nitrogens is 4. The molecule has 0 aliphatic rings. The molecule has 0 saturated carbocycles. The summed E-state index contributed by atoms with van der Waals surface area (Å²) in [5.41, 5.74) is 0.316. The summed E-state index contributed by atoms with van der Waals surface area (Å²) in [6.07, 6.45) is 4.22. The Balaban J connectivity index is 1.70. The normalized spacial score (nSPS) is 10.7. The summed E-state index contributed by atoms with van der Waals surface area (Å²) in [5.74, 6) is -0.401. The molecule has 0 aliphatic heterocycles. The fourth-order valence-electron chi connectivity index (χ4n) is 2.61. The molecule has 2 N–H and O–H groups in total. The van der Waals surface area contributed by atoms with Gasteiger partial charge in [-0.25, -0.2) is 0 Å². The smallest absolute Gasteiger partial charge is 0.309 e. The van der Waals surface area contributed by atoms with E-state index in [-0.39, 0.29) is 35.9 Å². The Bertz CT molecular complexity index is 1030. The van der Waals surface area contributed by atoms with Crippen LogP contribution < -0.4 is 10.6 Å². The Kier molecular flexibility index (Phi) is 5.71. The third-order valence-corrected chi connectivity index (χ3v) is 4.00. The number of nitrogens with one attached hydrogen (secondary N) is 2. The van der Waals surface area contributed by atoms with Crippen LogP contribution in [0.25, 0.3) is 0 Å². The Morgan fingerprint density at radius 2 is 2.07 bits per heavy atom. The van der Waals surface area contributed by atoms with Gasteiger partial charge in [-0.3, -0.25) is 29.1 Å². The lowest BCUT2D eigenvalue weighted by Gasteiger charge is -2.06. The van der Waals surface area contributed by atoms with Gasteiger partial charge in [-0.2, -0.15) is 10.2 Å². The van der Waals surface area contributed by atoms with Gasteiger partial charge in [0.05, 0.1) is 23.4 Å². The first-order chi connectivity index (χ1) is 13.9. The number of nitro groups is 1. The van der Waals surface area contributed by atoms with Crippen LogP contribution in [-0.4, -0.2) is 36.3 Å². The van der Waals surface area contributed by atoms with Gasteiger partial charge in [0.25, 0.3) is 5.91 Å². The maximum absolute atomic E-state index is 12.5. The Morgan fingerprint density at radius 1 is 1.28 bits per heavy atom. The molecule has 12 heteroatoms. The van der Waals surface area contributed by atoms with E-state index in [1.807, 2.05) is 6.92 Å². The van der Waals surface area contributed by atoms with Gasteiger partial charge in [-0.1, -0.05) is 0 Å². The minimum Gasteiger partial charge on any atom is -0.467 e. The maximum atomic E-state index is 12.5. The zero-order valence-electron chi connectivity index (χ0n) is 15.8. The van der Waals surface area contributed by atoms with E-state index in [1.54, 1.807) is 12.1 Å². The lowest BCUT2D eigenvalue weighted by molar-refractivity contribution is -0.385. The molecular weight excluding hydrogens is 382 g/mol. The van der Waals surface area contributed by atoms with Gasteiger partial charge < -0.3 is 15.1 Å². The number of hydrogen-bond acceptors (Lipinski definition) is 7. The van der Waals surface area contributed by atoms with Crippen LogP contribution in [0.3, 0.4) is 0 Å². The number of aryl methyl sites for hydroxylation is 2. The highest BCUT2D eigenvalue weighted by molar-refractivity contribution is 6.02. The second kappa shape index (κ2) is 8.37. The molecule has 0 aromatic carbocycles. The number of hydrogen-bond donors (Lipinski definition) is 2. The standard InChI is InChI=1S/C17H19N7O5/c1-3-22-8-13(16(21-22)17(26)18-7-12-5-4-6-29-12)19-15(25)10-23-9-14(24(27)28)11(2)20-23/h4-6,8-9H,3,7,10H2,1-2H3,(H,18,26)(H,19,25). The maximum Gasteiger partial charge on any atom is 0.309 e. The van der Waals surface area contributed by atoms with E-state index in [2.05, 4.69) is 20.8 Å². The molecule has 3 heterocycles. The number of carbonyl (C=O) groups excluding carboxylic acids is 2. The summed E-state index contributed by atoms with van der Waals surface area (Å²) < 4.78 is 7.85. The Labute approximate surface area is 164 Å². The van der Waals surface area contributed by atoms with Crippen molar-refractivity contribution in [2.45, 2.75) is 33.5 Å². The highest BCUT2D eigenvalue weighted by atomic mass is 16.6. The Morgan fingerprint density at radius 3 is 2.69 bits per heavy atom. The molecule has 0 aliphatic carbocycles. The fraction of sp³-hybridized carbons (Fsp3) is 0.294. The quantitative estimate of drug-likeness (QED) is 0.428. The van der Waals surface area contributed by atoms with Crippen LogP contribution >= 0.6 is 0 Å². The number of rotatable bonds is 8. The van der Waals surface area contributed by atoms with Crippen molar-refractivity contribution < 1.29 is 18.9 Å². The molecule has 0 saturated heterocycles. The third-order valence-electron chi connectivity index (χ3n) is 4.00. The number of nitrogens with zero attached hydrogens (tertiary/aromatic N) is 5. The van der Waals surface area contributed by atoms with E-state index in [1.165, 1.54) is 34.9 Å². The Hall–Kier alpha value is -3.96. The van der Waals surface area contributed by atoms with Crippen LogP contribution in [0.15, 0.2) is 35.2 Å². The van der Waals surface area contributed by atoms with Crippen molar-refractivity contribution in [1.29, 1.82) is 0 Å². The van der Waals surface area contributed by atoms with Crippen molar-refractivity contribution in [3.05, 3.63) is 58.1 Å². The average molecular weight is 401 g/mol. The summed E-state index contributed by atoms with van der Waals surface area (Å²) in [4.78, 5) is 35.2. The van der Waals surface area contributed by atoms with Crippen molar-refractivity contribution >= 4 is 23.2 Å². The summed E-state index contributed by atoms with van der Waals surface area (Å²) in [5, 5.41) is 24.3. The number of carbonyl (C=O) groups is 2. The zero-order valence-corrected chi connectivity index (χ0v) is 15.8. The van der Waals surface area contributed by atoms with Gasteiger partial charge in [0.2, 0.25) is 5.91 Å². The van der Waals surface area contributed by atoms with Crippen molar-refractivity contribution in [1.82, 2.24) is 24.9 Å². The predicted molar refractivity (Wildman–Crippen MR) is 100 cm³/mol. The molecule has 0 bridgehead atoms. The van der Waals surface area contributed by atoms with E-state index < -0.39 is 16.7 Å². The van der Waals surface area contributed by atoms with Crippen LogP contribution in [0.4, 0.5) is 11.4 Å². The molecule has 12 nitrogen and oxygen atoms in total. The second-order valence-corrected chi connectivity index (χ2v) is 6.11. The molecule has 29 heavy (non-hydrogen) atoms. The van der Waals surface area contributed by atoms with Gasteiger partial charge in [0, 0.05) is 12.7 Å². The van der Waals surface area contributed by atoms with Gasteiger partial charge in [0.1, 0.15) is 24.2 Å². The molecule has 0 unspecified atom stereocenters. The fourth-order valence-corrected chi connectivity index (χ4v) is 2.61. The monoisotopic (exact) mass is 401 g/mol. The lowest BCUT2D eigenvalue weighted by Crippen LogP contribution is -2.26. The summed E-state index contributed by atoms with van der Waals surface area (Å²) in [7, 11) is 0. The minimum atomic E-state index is -0.566. The summed E-state index contributed by atoms with van der Waals surface area (Å²) >= 11 is 0. The highest BCUT2D eigenvalue weighted by Gasteiger charge is 2.20. The SMILES string of the molecule is CCn1cc(NC(=O)Cn2cc([N+](=O)[O-])c(C)n2)c(C(=O)NCc2ccco2)n1. The van der Waals surface area contributed by atoms with Crippen molar-refractivity contribution in [3.63, 3.8) is 0 Å². The zero-order chi connectivity index (χ0) is 21.0. The first kappa shape index (κ1) is 19.8. The first-order valence-corrected chi connectivity index (χ1v) is 8.73. The number of anilines is 1. The molecule has 0 atom stereocenters. The molecule has 3 aromatic rings. The molecule has 0 spiro atoms. The van der Waals surface area contributed by atoms with Gasteiger partial charge in [-0.05, 0) is 26.0 Å². The number of amides is 2. The topological polar surface area (TPSA) is 150 Å². The summed E-state index contributed by atoms with van der Waals surface area (Å²) in [6.45, 7) is 3.75. The first-order valence-electron chi connectivity index (χ1n) is 8.73. The van der Waals surface area contributed by atoms with E-state index in [4.69, 9.17) is 4.42 Å². The third kappa shape index (κ3) is 4.66. The van der Waals surface area contributed by atoms with Crippen LogP contribution in [0.1, 0.15) is 28.9 Å². The van der Waals surface area contributed by atoms with Crippen LogP contribution in [0, 0.1) is 17.0 Å². The largest absolute Gasteiger partial charge is 0.467 e. The van der Waals surface area contributed by atoms with E-state index >= 15 is 0 Å². The molecule has 0 radical (unpaired) electrons. The minimum absolute atomic E-state index is 0.0504. The van der Waals surface area contributed by atoms with Crippen molar-refractivity contribution in [2.24, 2.45) is 0 Å². The van der Waals surface area contributed by atoms with Gasteiger partial charge in [-0.15, -0.1) is 0 Å². The predicted octanol–water partition coefficient (Wildman–Crippen LogP) is 1.48. The molecule has 2 amide bonds. The average Bonchev–Trinajstić information content (AvgIpc) is 3.39. The molecule has 0 fully saturated rings. The van der Waals surface area contributed by atoms with Gasteiger partial charge in [0.15, 0.2) is 5.69 Å². The summed E-state index contributed by atoms with van der Waals surface area (Å²) in [6, 6.07) is 3.43. The molecular formula is C17H19N7O5. The van der Waals surface area contributed by atoms with Crippen LogP contribution in [0.5, 0.6) is 0 Å². The number of furan rings is 1. The van der Waals surface area contributed by atoms with Crippen molar-refractivity contribution in [2.75, 3.05) is 5.32 Å². The van der Waals surface area contributed by atoms with E-state index in [0.717, 1.165) is 0 Å². The van der Waals surface area contributed by atoms with Crippen LogP contribution in [-0.2, 0) is 24.4 Å². The second-order valence-electron chi connectivity index (χ2n) is 6.11. The molecule has 3 aromatic heterocycles. The molecule has 3 rings (SSSR count). The van der Waals surface area contributed by atoms with Crippen LogP contribution in [0.2, 0.25) is 0 Å².